The summed E-state index contributed by atoms with van der Waals surface area (Å²) in [7, 11) is 3.17. The van der Waals surface area contributed by atoms with Crippen LogP contribution < -0.4 is 19.9 Å². The number of rotatable bonds is 17. The topological polar surface area (TPSA) is 194 Å². The molecule has 0 fully saturated rings. The number of esters is 3. The first-order chi connectivity index (χ1) is 40.5. The van der Waals surface area contributed by atoms with Crippen molar-refractivity contribution < 1.29 is 58.5 Å². The van der Waals surface area contributed by atoms with Gasteiger partial charge in [-0.15, -0.1) is 0 Å². The highest BCUT2D eigenvalue weighted by Gasteiger charge is 2.16. The van der Waals surface area contributed by atoms with Crippen molar-refractivity contribution in [3.8, 4) is 29.1 Å². The van der Waals surface area contributed by atoms with Gasteiger partial charge >= 0.3 is 17.9 Å². The molecule has 0 aliphatic heterocycles. The highest BCUT2D eigenvalue weighted by molar-refractivity contribution is 14.1. The van der Waals surface area contributed by atoms with Crippen molar-refractivity contribution in [2.45, 2.75) is 87.2 Å². The van der Waals surface area contributed by atoms with Gasteiger partial charge in [0, 0.05) is 20.3 Å². The molecule has 0 saturated heterocycles. The van der Waals surface area contributed by atoms with E-state index >= 15 is 0 Å². The number of ether oxygens (including phenoxy) is 6. The Kier molecular flexibility index (Phi) is 37.8. The fraction of sp³-hybridized carbons (Fsp3) is 0.299. The molecule has 0 aromatic heterocycles. The maximum absolute atomic E-state index is 11.5. The van der Waals surface area contributed by atoms with Crippen LogP contribution in [-0.4, -0.2) is 67.8 Å². The lowest BCUT2D eigenvalue weighted by Gasteiger charge is -2.13. The molecule has 3 atom stereocenters. The molecule has 0 bridgehead atoms. The van der Waals surface area contributed by atoms with Crippen LogP contribution in [0.5, 0.6) is 23.0 Å². The summed E-state index contributed by atoms with van der Waals surface area (Å²) in [4.78, 5) is 42.9. The predicted octanol–water partition coefficient (Wildman–Crippen LogP) is 15.3. The molecule has 0 amide bonds. The minimum absolute atomic E-state index is 0.0422. The molecule has 0 spiro atoms. The number of phenolic OH excluding ortho intramolecular Hbond substituents is 1. The van der Waals surface area contributed by atoms with Crippen molar-refractivity contribution in [3.63, 3.8) is 0 Å². The Morgan fingerprint density at radius 2 is 0.893 bits per heavy atom. The molecule has 0 aliphatic rings. The number of halogens is 4. The second-order valence-corrected chi connectivity index (χ2v) is 21.3. The van der Waals surface area contributed by atoms with E-state index in [-0.39, 0.29) is 23.8 Å². The van der Waals surface area contributed by atoms with Gasteiger partial charge in [0.25, 0.3) is 0 Å². The number of nitriles is 1. The van der Waals surface area contributed by atoms with Crippen LogP contribution in [0.4, 0.5) is 4.39 Å². The standard InChI is InChI=1S/C19H22O3.C18H21NO3.C14H13BrO.C7H7BrO.C5H9IO2.C3H3NO.CH3F/c1-14-9-10-17(11-15(2)19(20)21-3)12-18(14)22-13-16-7-5-4-6-8-16;1-13-8-9-15(10-16(19)18(20)21-2)11-17(13)22-12-14-6-4-3-5-7-14;1-11-7-8-13(15)9-14(11)16-10-12-5-3-2-4-6-12;1-5-2-3-6(8)4-7(5)9;1-4(3-6)5(7)8-2;1-3(5)2-4;1-2/h4-10,12,15H,11,13H2,1-3H3;3-9,11,16H,10,12,19H2,1-2H3;2-9H,10H2,1H3;2-4,9H,1H3;4H,3H2,1-2H3;1H3;1H3/t15-;16-;;;4-;;/m00..0../s1/i;;;;;;1D. The zero-order valence-corrected chi connectivity index (χ0v) is 54.7. The first-order valence-corrected chi connectivity index (χ1v) is 29.4. The fourth-order valence-electron chi connectivity index (χ4n) is 6.76. The average molecular weight is 1390 g/mol. The maximum Gasteiger partial charge on any atom is 0.322 e. The Morgan fingerprint density at radius 1 is 0.560 bits per heavy atom. The molecule has 84 heavy (non-hydrogen) atoms. The smallest absolute Gasteiger partial charge is 0.322 e. The van der Waals surface area contributed by atoms with Crippen LogP contribution >= 0.6 is 54.5 Å². The number of alkyl halides is 2. The van der Waals surface area contributed by atoms with Gasteiger partial charge in [-0.1, -0.05) is 196 Å². The molecule has 0 heterocycles. The number of aryl methyl sites for hydroxylation is 4. The minimum atomic E-state index is -1.00. The van der Waals surface area contributed by atoms with Crippen molar-refractivity contribution in [2.24, 2.45) is 17.6 Å². The van der Waals surface area contributed by atoms with Crippen LogP contribution in [-0.2, 0) is 66.1 Å². The fourth-order valence-corrected chi connectivity index (χ4v) is 7.81. The molecule has 0 saturated carbocycles. The van der Waals surface area contributed by atoms with Crippen molar-refractivity contribution >= 4 is 78.1 Å². The second-order valence-electron chi connectivity index (χ2n) is 18.6. The number of ketones is 1. The van der Waals surface area contributed by atoms with Gasteiger partial charge < -0.3 is 39.3 Å². The Morgan fingerprint density at radius 3 is 1.23 bits per heavy atom. The van der Waals surface area contributed by atoms with E-state index in [0.717, 1.165) is 75.1 Å². The van der Waals surface area contributed by atoms with Crippen molar-refractivity contribution in [2.75, 3.05) is 32.9 Å². The van der Waals surface area contributed by atoms with Gasteiger partial charge in [-0.2, -0.15) is 5.26 Å². The third kappa shape index (κ3) is 31.5. The number of hydrogen-bond acceptors (Lipinski definition) is 13. The van der Waals surface area contributed by atoms with Crippen molar-refractivity contribution in [3.05, 3.63) is 223 Å². The third-order valence-corrected chi connectivity index (χ3v) is 13.9. The number of nitrogens with two attached hydrogens (primary N) is 1. The zero-order chi connectivity index (χ0) is 63.7. The SMILES string of the molecule is CC(=O)C#N.COC(=O)[C@@H](C)CI.COC(=O)[C@@H](C)Cc1ccc(C)c(OCc2ccccc2)c1.COC(=O)[C@@H](N)Cc1ccc(C)c(OCc2ccccc2)c1.Cc1ccc(Br)cc1O.Cc1ccc(Br)cc1OCc1ccccc1.[2H]CF. The molecule has 7 rings (SSSR count). The summed E-state index contributed by atoms with van der Waals surface area (Å²) in [6.07, 6.45) is 1.07. The molecule has 0 radical (unpaired) electrons. The Balaban J connectivity index is 0.000000536. The number of benzene rings is 7. The van der Waals surface area contributed by atoms with Gasteiger partial charge in [-0.3, -0.25) is 23.6 Å². The van der Waals surface area contributed by atoms with Crippen LogP contribution in [0.15, 0.2) is 173 Å². The minimum Gasteiger partial charge on any atom is -0.508 e. The van der Waals surface area contributed by atoms with E-state index in [4.69, 9.17) is 36.4 Å². The van der Waals surface area contributed by atoms with Gasteiger partial charge in [0.1, 0.15) is 54.9 Å². The zero-order valence-electron chi connectivity index (χ0n) is 50.3. The molecular weight excluding hydrogens is 1310 g/mol. The van der Waals surface area contributed by atoms with Gasteiger partial charge in [0.05, 0.1) is 41.7 Å². The Hall–Kier alpha value is -7.11. The molecule has 13 nitrogen and oxygen atoms in total. The number of nitrogens with zero attached hydrogens (tertiary/aromatic N) is 1. The summed E-state index contributed by atoms with van der Waals surface area (Å²) in [5.74, 6) is 1.65. The van der Waals surface area contributed by atoms with Gasteiger partial charge in [0.2, 0.25) is 5.78 Å². The first-order valence-electron chi connectivity index (χ1n) is 27.0. The number of carbonyl (C=O) groups excluding carboxylic acids is 4. The third-order valence-electron chi connectivity index (χ3n) is 11.6. The predicted molar refractivity (Wildman–Crippen MR) is 346 cm³/mol. The van der Waals surface area contributed by atoms with E-state index in [9.17, 15) is 23.6 Å². The van der Waals surface area contributed by atoms with Gasteiger partial charge in [0.15, 0.2) is 0 Å². The normalized spacial score (nSPS) is 10.9. The number of carbonyl (C=O) groups is 4. The lowest BCUT2D eigenvalue weighted by molar-refractivity contribution is -0.145. The molecule has 0 aliphatic carbocycles. The summed E-state index contributed by atoms with van der Waals surface area (Å²) < 4.78 is 49.7. The molecule has 7 aromatic carbocycles. The molecule has 450 valence electrons. The molecule has 3 N–H and O–H groups in total. The molecule has 0 unspecified atom stereocenters. The summed E-state index contributed by atoms with van der Waals surface area (Å²) in [6.45, 7) is 14.5. The second kappa shape index (κ2) is 43.5. The van der Waals surface area contributed by atoms with E-state index in [1.807, 2.05) is 187 Å². The number of aromatic hydroxyl groups is 1. The first kappa shape index (κ1) is 73.0. The molecular formula is C67H78Br2FIN2O11. The number of methoxy groups -OCH3 is 3. The summed E-state index contributed by atoms with van der Waals surface area (Å²) in [5.41, 5.74) is 15.4. The largest absolute Gasteiger partial charge is 0.508 e. The van der Waals surface area contributed by atoms with E-state index in [0.29, 0.717) is 38.4 Å². The monoisotopic (exact) mass is 1390 g/mol. The van der Waals surface area contributed by atoms with Crippen LogP contribution in [0.1, 0.15) is 72.2 Å². The van der Waals surface area contributed by atoms with E-state index < -0.39 is 24.9 Å². The number of phenols is 1. The highest BCUT2D eigenvalue weighted by Crippen LogP contribution is 2.26. The average Bonchev–Trinajstić information content (AvgIpc) is 3.60. The van der Waals surface area contributed by atoms with Crippen molar-refractivity contribution in [1.29, 1.82) is 5.26 Å². The van der Waals surface area contributed by atoms with Gasteiger partial charge in [-0.05, 0) is 127 Å². The lowest BCUT2D eigenvalue weighted by atomic mass is 10.00. The summed E-state index contributed by atoms with van der Waals surface area (Å²) >= 11 is 8.83. The number of hydrogen-bond donors (Lipinski definition) is 2. The van der Waals surface area contributed by atoms with E-state index in [1.54, 1.807) is 6.07 Å². The van der Waals surface area contributed by atoms with Crippen LogP contribution in [0, 0.1) is 50.9 Å². The summed E-state index contributed by atoms with van der Waals surface area (Å²) in [6, 6.07) is 54.4. The summed E-state index contributed by atoms with van der Waals surface area (Å²) in [5, 5.41) is 16.6. The van der Waals surface area contributed by atoms with Crippen molar-refractivity contribution in [1.82, 2.24) is 0 Å². The van der Waals surface area contributed by atoms with Crippen LogP contribution in [0.25, 0.3) is 0 Å². The Labute approximate surface area is 527 Å². The van der Waals surface area contributed by atoms with E-state index in [2.05, 4.69) is 76.1 Å². The highest BCUT2D eigenvalue weighted by atomic mass is 127. The van der Waals surface area contributed by atoms with E-state index in [1.165, 1.54) is 39.9 Å². The van der Waals surface area contributed by atoms with Gasteiger partial charge in [-0.25, -0.2) is 0 Å². The Bertz CT molecular complexity index is 2990. The number of Topliss-reactive ketones (excluding diaryl/α,β-unsaturated/α-hetero) is 1. The molecule has 7 aromatic rings. The molecule has 17 heteroatoms. The van der Waals surface area contributed by atoms with Crippen LogP contribution in [0.2, 0.25) is 0 Å². The maximum atomic E-state index is 11.5. The van der Waals surface area contributed by atoms with Crippen LogP contribution in [0.3, 0.4) is 0 Å². The lowest BCUT2D eigenvalue weighted by Crippen LogP contribution is -2.33. The quantitative estimate of drug-likeness (QED) is 0.0288.